The van der Waals surface area contributed by atoms with Gasteiger partial charge in [-0.25, -0.2) is 0 Å². The van der Waals surface area contributed by atoms with Gasteiger partial charge in [0.05, 0.1) is 4.92 Å². The van der Waals surface area contributed by atoms with Gasteiger partial charge < -0.3 is 0 Å². The van der Waals surface area contributed by atoms with Gasteiger partial charge in [-0.15, -0.1) is 0 Å². The fourth-order valence-corrected chi connectivity index (χ4v) is 2.31. The molecule has 0 radical (unpaired) electrons. The zero-order valence-electron chi connectivity index (χ0n) is 13.2. The molecule has 0 aromatic heterocycles. The van der Waals surface area contributed by atoms with Crippen LogP contribution in [-0.4, -0.2) is 10.7 Å². The maximum absolute atomic E-state index is 12.4. The Balaban J connectivity index is 2.30. The molecule has 5 nitrogen and oxygen atoms in total. The largest absolute Gasteiger partial charge is 0.288 e. The van der Waals surface area contributed by atoms with E-state index in [0.29, 0.717) is 11.1 Å². The molecule has 120 valence electrons. The van der Waals surface area contributed by atoms with Gasteiger partial charge in [0.1, 0.15) is 11.6 Å². The first kappa shape index (κ1) is 17.1. The maximum Gasteiger partial charge on any atom is 0.270 e. The van der Waals surface area contributed by atoms with Gasteiger partial charge in [0.2, 0.25) is 5.78 Å². The summed E-state index contributed by atoms with van der Waals surface area (Å²) in [5.74, 6) is -0.396. The Bertz CT molecular complexity index is 830. The fourth-order valence-electron chi connectivity index (χ4n) is 2.31. The smallest absolute Gasteiger partial charge is 0.270 e. The second-order valence-corrected chi connectivity index (χ2v) is 5.30. The molecule has 0 saturated heterocycles. The molecule has 0 N–H and O–H groups in total. The molecule has 0 aliphatic carbocycles. The summed E-state index contributed by atoms with van der Waals surface area (Å²) in [6.07, 6.45) is 3.32. The van der Waals surface area contributed by atoms with Crippen molar-refractivity contribution < 1.29 is 9.72 Å². The van der Waals surface area contributed by atoms with Crippen LogP contribution in [-0.2, 0) is 6.42 Å². The number of nitro groups is 1. The fraction of sp³-hybridized carbons (Fsp3) is 0.158. The normalized spacial score (nSPS) is 10.9. The van der Waals surface area contributed by atoms with Crippen LogP contribution in [0.5, 0.6) is 0 Å². The topological polar surface area (TPSA) is 84.0 Å². The van der Waals surface area contributed by atoms with Gasteiger partial charge in [0.15, 0.2) is 0 Å². The molecule has 0 atom stereocenters. The Morgan fingerprint density at radius 3 is 2.54 bits per heavy atom. The van der Waals surface area contributed by atoms with Crippen LogP contribution >= 0.6 is 0 Å². The standard InChI is InChI=1S/C19H16N2O3/c1-2-4-14-7-9-16(10-8-14)19(22)17(13-20)11-15-5-3-6-18(12-15)21(23)24/h3,5-12H,2,4H2,1H3/b17-11+. The number of carbonyl (C=O) groups excluding carboxylic acids is 1. The highest BCUT2D eigenvalue weighted by molar-refractivity contribution is 6.14. The number of Topliss-reactive ketones (excluding diaryl/α,β-unsaturated/α-hetero) is 1. The van der Waals surface area contributed by atoms with E-state index in [1.807, 2.05) is 18.2 Å². The predicted octanol–water partition coefficient (Wildman–Crippen LogP) is 4.34. The first-order chi connectivity index (χ1) is 11.5. The molecule has 0 heterocycles. The van der Waals surface area contributed by atoms with Crippen molar-refractivity contribution in [3.8, 4) is 6.07 Å². The van der Waals surface area contributed by atoms with Gasteiger partial charge in [-0.1, -0.05) is 49.7 Å². The van der Waals surface area contributed by atoms with Crippen LogP contribution < -0.4 is 0 Å². The monoisotopic (exact) mass is 320 g/mol. The quantitative estimate of drug-likeness (QED) is 0.260. The number of nitriles is 1. The summed E-state index contributed by atoms with van der Waals surface area (Å²) in [4.78, 5) is 22.7. The maximum atomic E-state index is 12.4. The molecule has 0 unspecified atom stereocenters. The summed E-state index contributed by atoms with van der Waals surface area (Å²) in [6, 6.07) is 14.8. The van der Waals surface area contributed by atoms with E-state index in [1.54, 1.807) is 18.2 Å². The van der Waals surface area contributed by atoms with Crippen LogP contribution in [0.4, 0.5) is 5.69 Å². The van der Waals surface area contributed by atoms with Crippen molar-refractivity contribution in [1.82, 2.24) is 0 Å². The van der Waals surface area contributed by atoms with Crippen molar-refractivity contribution in [2.45, 2.75) is 19.8 Å². The predicted molar refractivity (Wildman–Crippen MR) is 91.5 cm³/mol. The molecule has 5 heteroatoms. The van der Waals surface area contributed by atoms with E-state index in [-0.39, 0.29) is 11.3 Å². The Morgan fingerprint density at radius 1 is 1.25 bits per heavy atom. The number of ketones is 1. The molecule has 0 aliphatic heterocycles. The number of non-ortho nitro benzene ring substituents is 1. The van der Waals surface area contributed by atoms with Crippen LogP contribution in [0.1, 0.15) is 34.8 Å². The highest BCUT2D eigenvalue weighted by atomic mass is 16.6. The molecule has 2 aromatic rings. The van der Waals surface area contributed by atoms with Crippen LogP contribution in [0.3, 0.4) is 0 Å². The lowest BCUT2D eigenvalue weighted by atomic mass is 10.00. The lowest BCUT2D eigenvalue weighted by Crippen LogP contribution is -2.02. The summed E-state index contributed by atoms with van der Waals surface area (Å²) in [5.41, 5.74) is 1.86. The molecular weight excluding hydrogens is 304 g/mol. The van der Waals surface area contributed by atoms with Gasteiger partial charge in [-0.3, -0.25) is 14.9 Å². The number of aryl methyl sites for hydroxylation is 1. The zero-order chi connectivity index (χ0) is 17.5. The van der Waals surface area contributed by atoms with E-state index < -0.39 is 10.7 Å². The lowest BCUT2D eigenvalue weighted by molar-refractivity contribution is -0.384. The third-order valence-corrected chi connectivity index (χ3v) is 3.51. The molecule has 24 heavy (non-hydrogen) atoms. The first-order valence-corrected chi connectivity index (χ1v) is 7.55. The molecule has 0 amide bonds. The highest BCUT2D eigenvalue weighted by Gasteiger charge is 2.13. The Kier molecular flexibility index (Phi) is 5.58. The van der Waals surface area contributed by atoms with Gasteiger partial charge in [0, 0.05) is 17.7 Å². The second-order valence-electron chi connectivity index (χ2n) is 5.30. The number of hydrogen-bond donors (Lipinski definition) is 0. The van der Waals surface area contributed by atoms with Crippen molar-refractivity contribution in [2.24, 2.45) is 0 Å². The minimum Gasteiger partial charge on any atom is -0.288 e. The van der Waals surface area contributed by atoms with E-state index in [4.69, 9.17) is 0 Å². The average molecular weight is 320 g/mol. The summed E-state index contributed by atoms with van der Waals surface area (Å²) in [5, 5.41) is 20.1. The van der Waals surface area contributed by atoms with Gasteiger partial charge >= 0.3 is 0 Å². The molecule has 0 fully saturated rings. The van der Waals surface area contributed by atoms with Gasteiger partial charge in [-0.05, 0) is 23.6 Å². The van der Waals surface area contributed by atoms with E-state index >= 15 is 0 Å². The third kappa shape index (κ3) is 4.14. The Morgan fingerprint density at radius 2 is 1.96 bits per heavy atom. The molecular formula is C19H16N2O3. The second kappa shape index (κ2) is 7.84. The van der Waals surface area contributed by atoms with Crippen molar-refractivity contribution in [3.05, 3.63) is 80.9 Å². The van der Waals surface area contributed by atoms with Gasteiger partial charge in [-0.2, -0.15) is 5.26 Å². The van der Waals surface area contributed by atoms with E-state index in [1.165, 1.54) is 24.3 Å². The van der Waals surface area contributed by atoms with E-state index in [9.17, 15) is 20.2 Å². The molecule has 2 rings (SSSR count). The molecule has 0 aliphatic rings. The zero-order valence-corrected chi connectivity index (χ0v) is 13.2. The SMILES string of the molecule is CCCc1ccc(C(=O)/C(C#N)=C/c2cccc([N+](=O)[O-])c2)cc1. The average Bonchev–Trinajstić information content (AvgIpc) is 2.60. The number of carbonyl (C=O) groups is 1. The van der Waals surface area contributed by atoms with E-state index in [0.717, 1.165) is 18.4 Å². The molecule has 2 aromatic carbocycles. The minimum atomic E-state index is -0.516. The van der Waals surface area contributed by atoms with Gasteiger partial charge in [0.25, 0.3) is 5.69 Å². The van der Waals surface area contributed by atoms with Crippen LogP contribution in [0.25, 0.3) is 6.08 Å². The summed E-state index contributed by atoms with van der Waals surface area (Å²) in [6.45, 7) is 2.08. The number of hydrogen-bond acceptors (Lipinski definition) is 4. The number of rotatable bonds is 6. The Hall–Kier alpha value is -3.26. The van der Waals surface area contributed by atoms with Crippen molar-refractivity contribution in [2.75, 3.05) is 0 Å². The third-order valence-electron chi connectivity index (χ3n) is 3.51. The van der Waals surface area contributed by atoms with Crippen molar-refractivity contribution in [1.29, 1.82) is 5.26 Å². The molecule has 0 spiro atoms. The van der Waals surface area contributed by atoms with E-state index in [2.05, 4.69) is 6.92 Å². The highest BCUT2D eigenvalue weighted by Crippen LogP contribution is 2.18. The number of nitrogens with zero attached hydrogens (tertiary/aromatic N) is 2. The number of benzene rings is 2. The lowest BCUT2D eigenvalue weighted by Gasteiger charge is -2.02. The summed E-state index contributed by atoms with van der Waals surface area (Å²) >= 11 is 0. The van der Waals surface area contributed by atoms with Crippen LogP contribution in [0.2, 0.25) is 0 Å². The molecule has 0 saturated carbocycles. The number of nitro benzene ring substituents is 1. The van der Waals surface area contributed by atoms with Crippen LogP contribution in [0.15, 0.2) is 54.1 Å². The van der Waals surface area contributed by atoms with Crippen LogP contribution in [0, 0.1) is 21.4 Å². The minimum absolute atomic E-state index is 0.0567. The number of allylic oxidation sites excluding steroid dienone is 1. The summed E-state index contributed by atoms with van der Waals surface area (Å²) < 4.78 is 0. The van der Waals surface area contributed by atoms with Crippen molar-refractivity contribution in [3.63, 3.8) is 0 Å². The molecule has 0 bridgehead atoms. The van der Waals surface area contributed by atoms with Crippen molar-refractivity contribution >= 4 is 17.5 Å². The summed E-state index contributed by atoms with van der Waals surface area (Å²) in [7, 11) is 0. The first-order valence-electron chi connectivity index (χ1n) is 7.55. The Labute approximate surface area is 140 Å².